The van der Waals surface area contributed by atoms with Crippen LogP contribution in [-0.4, -0.2) is 39.0 Å². The quantitative estimate of drug-likeness (QED) is 0.434. The summed E-state index contributed by atoms with van der Waals surface area (Å²) in [4.78, 5) is 25.1. The summed E-state index contributed by atoms with van der Waals surface area (Å²) in [6.07, 6.45) is 1.63. The molecule has 9 nitrogen and oxygen atoms in total. The summed E-state index contributed by atoms with van der Waals surface area (Å²) < 4.78 is 38.6. The van der Waals surface area contributed by atoms with Gasteiger partial charge < -0.3 is 19.8 Å². The number of benzene rings is 1. The molecule has 2 saturated heterocycles. The Bertz CT molecular complexity index is 1450. The molecule has 0 spiro atoms. The van der Waals surface area contributed by atoms with E-state index in [1.54, 1.807) is 0 Å². The number of hydrogen-bond donors (Lipinski definition) is 2. The highest BCUT2D eigenvalue weighted by molar-refractivity contribution is 7.89. The number of sulfonamides is 1. The van der Waals surface area contributed by atoms with E-state index < -0.39 is 26.9 Å². The van der Waals surface area contributed by atoms with Crippen molar-refractivity contribution in [1.29, 1.82) is 0 Å². The number of nitrogens with one attached hydrogen (secondary N) is 2. The lowest BCUT2D eigenvalue weighted by Gasteiger charge is -2.44. The molecule has 2 aliphatic heterocycles. The molecule has 0 bridgehead atoms. The van der Waals surface area contributed by atoms with E-state index in [1.165, 1.54) is 22.5 Å². The molecular formula is C24H26ClN3O6S. The zero-order chi connectivity index (χ0) is 25.0. The van der Waals surface area contributed by atoms with Crippen LogP contribution in [-0.2, 0) is 14.8 Å². The monoisotopic (exact) mass is 519 g/mol. The number of hydrogen-bond acceptors (Lipinski definition) is 8. The molecule has 11 heteroatoms. The first-order valence-electron chi connectivity index (χ1n) is 11.4. The lowest BCUT2D eigenvalue weighted by molar-refractivity contribution is -0.115. The molecule has 0 aliphatic carbocycles. The topological polar surface area (TPSA) is 118 Å². The molecule has 1 unspecified atom stereocenters. The van der Waals surface area contributed by atoms with Crippen molar-refractivity contribution in [3.8, 4) is 0 Å². The Morgan fingerprint density at radius 3 is 2.34 bits per heavy atom. The predicted molar refractivity (Wildman–Crippen MR) is 133 cm³/mol. The van der Waals surface area contributed by atoms with Crippen LogP contribution in [0.25, 0.3) is 0 Å². The molecule has 5 rings (SSSR count). The van der Waals surface area contributed by atoms with Crippen LogP contribution in [0.4, 0.5) is 17.1 Å². The van der Waals surface area contributed by atoms with Crippen molar-refractivity contribution in [2.24, 2.45) is 5.41 Å². The van der Waals surface area contributed by atoms with Gasteiger partial charge in [0.15, 0.2) is 0 Å². The lowest BCUT2D eigenvalue weighted by atomic mass is 9.79. The first-order chi connectivity index (χ1) is 16.6. The Labute approximate surface area is 207 Å². The van der Waals surface area contributed by atoms with Gasteiger partial charge >= 0.3 is 0 Å². The van der Waals surface area contributed by atoms with E-state index >= 15 is 0 Å². The molecule has 2 fully saturated rings. The van der Waals surface area contributed by atoms with Crippen molar-refractivity contribution >= 4 is 38.7 Å². The fourth-order valence-corrected chi connectivity index (χ4v) is 6.26. The van der Waals surface area contributed by atoms with Crippen LogP contribution < -0.4 is 21.5 Å². The number of anilines is 3. The van der Waals surface area contributed by atoms with Gasteiger partial charge in [-0.2, -0.15) is 4.31 Å². The smallest absolute Gasteiger partial charge is 0.253 e. The fourth-order valence-electron chi connectivity index (χ4n) is 4.55. The molecule has 1 atom stereocenters. The number of halogens is 1. The highest BCUT2D eigenvalue weighted by Gasteiger charge is 2.45. The van der Waals surface area contributed by atoms with Gasteiger partial charge in [0.1, 0.15) is 22.9 Å². The van der Waals surface area contributed by atoms with Crippen LogP contribution >= 0.6 is 11.6 Å². The van der Waals surface area contributed by atoms with Crippen molar-refractivity contribution in [3.05, 3.63) is 67.3 Å². The molecule has 2 N–H and O–H groups in total. The van der Waals surface area contributed by atoms with Gasteiger partial charge in [-0.1, -0.05) is 18.5 Å². The molecule has 0 radical (unpaired) electrons. The average molecular weight is 520 g/mol. The van der Waals surface area contributed by atoms with Gasteiger partial charge in [0.25, 0.3) is 10.9 Å². The SMILES string of the molecule is Cc1ccc(C(Nc2c(Nc3cc(S(=O)(=O)N4CCCC4)ccc3Cl)c(=O)c2=O)C2(C)COC2)o1. The first-order valence-corrected chi connectivity index (χ1v) is 13.2. The Hall–Kier alpha value is -2.66. The molecule has 186 valence electrons. The Kier molecular flexibility index (Phi) is 6.03. The lowest BCUT2D eigenvalue weighted by Crippen LogP contribution is -2.49. The zero-order valence-electron chi connectivity index (χ0n) is 19.4. The van der Waals surface area contributed by atoms with Crippen molar-refractivity contribution < 1.29 is 17.6 Å². The summed E-state index contributed by atoms with van der Waals surface area (Å²) in [5.41, 5.74) is -1.35. The molecule has 2 aromatic carbocycles. The van der Waals surface area contributed by atoms with Gasteiger partial charge in [0, 0.05) is 18.5 Å². The third-order valence-electron chi connectivity index (χ3n) is 6.71. The van der Waals surface area contributed by atoms with E-state index in [1.807, 2.05) is 26.0 Å². The summed E-state index contributed by atoms with van der Waals surface area (Å²) in [5, 5.41) is 6.31. The van der Waals surface area contributed by atoms with Crippen LogP contribution in [0.5, 0.6) is 0 Å². The summed E-state index contributed by atoms with van der Waals surface area (Å²) in [6.45, 7) is 5.70. The number of aryl methyl sites for hydroxylation is 1. The van der Waals surface area contributed by atoms with E-state index in [2.05, 4.69) is 10.6 Å². The molecule has 2 aliphatic rings. The molecule has 0 saturated carbocycles. The summed E-state index contributed by atoms with van der Waals surface area (Å²) in [5.74, 6) is 1.35. The van der Waals surface area contributed by atoms with Crippen molar-refractivity contribution in [2.45, 2.75) is 37.6 Å². The molecular weight excluding hydrogens is 494 g/mol. The van der Waals surface area contributed by atoms with Gasteiger partial charge in [0.05, 0.1) is 34.9 Å². The number of ether oxygens (including phenoxy) is 1. The first kappa shape index (κ1) is 24.1. The van der Waals surface area contributed by atoms with Gasteiger partial charge in [-0.05, 0) is 50.1 Å². The largest absolute Gasteiger partial charge is 0.464 e. The second-order valence-corrected chi connectivity index (χ2v) is 11.8. The second kappa shape index (κ2) is 8.77. The molecule has 1 aromatic heterocycles. The van der Waals surface area contributed by atoms with E-state index in [4.69, 9.17) is 20.8 Å². The highest BCUT2D eigenvalue weighted by Crippen LogP contribution is 2.43. The van der Waals surface area contributed by atoms with Gasteiger partial charge in [0.2, 0.25) is 10.0 Å². The van der Waals surface area contributed by atoms with Crippen LogP contribution in [0.1, 0.15) is 37.3 Å². The van der Waals surface area contributed by atoms with Gasteiger partial charge in [-0.25, -0.2) is 8.42 Å². The Morgan fingerprint density at radius 1 is 1.06 bits per heavy atom. The predicted octanol–water partition coefficient (Wildman–Crippen LogP) is 3.56. The maximum absolute atomic E-state index is 13.0. The van der Waals surface area contributed by atoms with E-state index in [9.17, 15) is 18.0 Å². The Balaban J connectivity index is 1.46. The maximum Gasteiger partial charge on any atom is 0.253 e. The molecule has 0 amide bonds. The summed E-state index contributed by atoms with van der Waals surface area (Å²) in [7, 11) is -3.68. The van der Waals surface area contributed by atoms with Crippen LogP contribution in [0.2, 0.25) is 5.02 Å². The third-order valence-corrected chi connectivity index (χ3v) is 8.93. The normalized spacial score (nSPS) is 18.9. The molecule has 35 heavy (non-hydrogen) atoms. The van der Waals surface area contributed by atoms with Gasteiger partial charge in [-0.15, -0.1) is 0 Å². The van der Waals surface area contributed by atoms with E-state index in [-0.39, 0.29) is 32.4 Å². The van der Waals surface area contributed by atoms with Crippen LogP contribution in [0.3, 0.4) is 0 Å². The Morgan fingerprint density at radius 2 is 1.74 bits per heavy atom. The minimum Gasteiger partial charge on any atom is -0.464 e. The van der Waals surface area contributed by atoms with Crippen LogP contribution in [0.15, 0.2) is 49.2 Å². The van der Waals surface area contributed by atoms with Crippen molar-refractivity contribution in [1.82, 2.24) is 4.31 Å². The third kappa shape index (κ3) is 4.18. The maximum atomic E-state index is 13.0. The number of furan rings is 1. The second-order valence-electron chi connectivity index (χ2n) is 9.46. The van der Waals surface area contributed by atoms with Gasteiger partial charge in [-0.3, -0.25) is 9.59 Å². The molecule has 3 aromatic rings. The van der Waals surface area contributed by atoms with Crippen LogP contribution in [0, 0.1) is 12.3 Å². The van der Waals surface area contributed by atoms with Crippen molar-refractivity contribution in [2.75, 3.05) is 36.9 Å². The van der Waals surface area contributed by atoms with E-state index in [0.717, 1.165) is 18.6 Å². The highest BCUT2D eigenvalue weighted by atomic mass is 35.5. The zero-order valence-corrected chi connectivity index (χ0v) is 21.0. The summed E-state index contributed by atoms with van der Waals surface area (Å²) in [6, 6.07) is 7.55. The minimum absolute atomic E-state index is 0.0322. The average Bonchev–Trinajstić information content (AvgIpc) is 3.50. The number of nitrogens with zero attached hydrogens (tertiary/aromatic N) is 1. The fraction of sp³-hybridized carbons (Fsp3) is 0.417. The van der Waals surface area contributed by atoms with Crippen molar-refractivity contribution in [3.63, 3.8) is 0 Å². The van der Waals surface area contributed by atoms with E-state index in [0.29, 0.717) is 32.1 Å². The molecule has 3 heterocycles. The standard InChI is InChI=1S/C24H26ClN3O6S/c1-14-5-8-18(34-14)23(24(2)12-33-13-24)27-20-19(21(29)22(20)30)26-17-11-15(6-7-16(17)25)35(31,32)28-9-3-4-10-28/h5-8,11,23,26-27H,3-4,9-10,12-13H2,1-2H3. The summed E-state index contributed by atoms with van der Waals surface area (Å²) >= 11 is 6.33. The number of rotatable bonds is 8. The minimum atomic E-state index is -3.68.